The lowest BCUT2D eigenvalue weighted by atomic mass is 9.91. The molecule has 0 aliphatic heterocycles. The molecule has 1 amide bonds. The first-order chi connectivity index (χ1) is 11.6. The third-order valence-electron chi connectivity index (χ3n) is 4.60. The monoisotopic (exact) mass is 355 g/mol. The van der Waals surface area contributed by atoms with Crippen molar-refractivity contribution in [3.63, 3.8) is 0 Å². The van der Waals surface area contributed by atoms with Gasteiger partial charge in [-0.25, -0.2) is 13.6 Å². The second kappa shape index (κ2) is 7.37. The maximum absolute atomic E-state index is 13.3. The summed E-state index contributed by atoms with van der Waals surface area (Å²) in [5.41, 5.74) is 1.76. The maximum Gasteiger partial charge on any atom is 0.341 e. The van der Waals surface area contributed by atoms with Crippen LogP contribution < -0.4 is 4.74 Å². The van der Waals surface area contributed by atoms with Crippen LogP contribution >= 0.6 is 0 Å². The molecule has 25 heavy (non-hydrogen) atoms. The third kappa shape index (κ3) is 4.67. The van der Waals surface area contributed by atoms with Crippen LogP contribution in [0.3, 0.4) is 0 Å². The molecule has 7 heteroatoms. The first kappa shape index (κ1) is 19.1. The summed E-state index contributed by atoms with van der Waals surface area (Å²) in [6, 6.07) is 3.08. The Bertz CT molecular complexity index is 642. The van der Waals surface area contributed by atoms with Crippen molar-refractivity contribution in [2.45, 2.75) is 51.5 Å². The standard InChI is InChI=1S/C18H23F2NO4/c1-11-8-13(9-12(2)16(11)25-10-15(22)23)17(24)21(3)14-4-6-18(19,20)7-5-14/h8-9,14H,4-7,10H2,1-3H3,(H,22,23). The summed E-state index contributed by atoms with van der Waals surface area (Å²) < 4.78 is 31.8. The molecule has 1 aromatic rings. The second-order valence-electron chi connectivity index (χ2n) is 6.62. The quantitative estimate of drug-likeness (QED) is 0.879. The molecule has 0 spiro atoms. The predicted octanol–water partition coefficient (Wildman–Crippen LogP) is 3.42. The highest BCUT2D eigenvalue weighted by Crippen LogP contribution is 2.35. The lowest BCUT2D eigenvalue weighted by Gasteiger charge is -2.34. The van der Waals surface area contributed by atoms with Crippen molar-refractivity contribution in [2.75, 3.05) is 13.7 Å². The van der Waals surface area contributed by atoms with Crippen molar-refractivity contribution in [3.8, 4) is 5.75 Å². The average molecular weight is 355 g/mol. The highest BCUT2D eigenvalue weighted by Gasteiger charge is 2.37. The summed E-state index contributed by atoms with van der Waals surface area (Å²) in [7, 11) is 1.63. The normalized spacial score (nSPS) is 17.2. The first-order valence-electron chi connectivity index (χ1n) is 8.21. The van der Waals surface area contributed by atoms with Crippen LogP contribution in [-0.4, -0.2) is 47.5 Å². The van der Waals surface area contributed by atoms with E-state index in [1.54, 1.807) is 33.0 Å². The van der Waals surface area contributed by atoms with E-state index in [0.717, 1.165) is 0 Å². The highest BCUT2D eigenvalue weighted by atomic mass is 19.3. The van der Waals surface area contributed by atoms with Crippen LogP contribution in [0, 0.1) is 13.8 Å². The van der Waals surface area contributed by atoms with E-state index in [9.17, 15) is 18.4 Å². The molecule has 2 rings (SSSR count). The second-order valence-corrected chi connectivity index (χ2v) is 6.62. The van der Waals surface area contributed by atoms with Crippen molar-refractivity contribution < 1.29 is 28.2 Å². The van der Waals surface area contributed by atoms with Gasteiger partial charge in [0.2, 0.25) is 5.92 Å². The molecule has 1 aliphatic carbocycles. The van der Waals surface area contributed by atoms with Crippen LogP contribution in [0.1, 0.15) is 47.2 Å². The largest absolute Gasteiger partial charge is 0.481 e. The van der Waals surface area contributed by atoms with Gasteiger partial charge in [0, 0.05) is 31.5 Å². The van der Waals surface area contributed by atoms with Crippen molar-refractivity contribution in [3.05, 3.63) is 28.8 Å². The average Bonchev–Trinajstić information content (AvgIpc) is 2.52. The molecule has 5 nitrogen and oxygen atoms in total. The molecule has 0 radical (unpaired) electrons. The number of carbonyl (C=O) groups is 2. The minimum Gasteiger partial charge on any atom is -0.481 e. The number of amides is 1. The van der Waals surface area contributed by atoms with E-state index in [2.05, 4.69) is 0 Å². The number of carboxylic acids is 1. The number of ether oxygens (including phenoxy) is 1. The smallest absolute Gasteiger partial charge is 0.341 e. The summed E-state index contributed by atoms with van der Waals surface area (Å²) in [5, 5.41) is 8.71. The van der Waals surface area contributed by atoms with E-state index in [-0.39, 0.29) is 37.6 Å². The lowest BCUT2D eigenvalue weighted by Crippen LogP contribution is -2.41. The van der Waals surface area contributed by atoms with Gasteiger partial charge >= 0.3 is 5.97 Å². The number of hydrogen-bond donors (Lipinski definition) is 1. The topological polar surface area (TPSA) is 66.8 Å². The van der Waals surface area contributed by atoms with Crippen molar-refractivity contribution in [2.24, 2.45) is 0 Å². The van der Waals surface area contributed by atoms with Gasteiger partial charge in [0.1, 0.15) is 5.75 Å². The Morgan fingerprint density at radius 2 is 1.76 bits per heavy atom. The zero-order chi connectivity index (χ0) is 18.8. The maximum atomic E-state index is 13.3. The molecule has 1 N–H and O–H groups in total. The fourth-order valence-corrected chi connectivity index (χ4v) is 3.22. The van der Waals surface area contributed by atoms with Gasteiger partial charge in [-0.3, -0.25) is 4.79 Å². The fraction of sp³-hybridized carbons (Fsp3) is 0.556. The van der Waals surface area contributed by atoms with Crippen LogP contribution in [0.25, 0.3) is 0 Å². The molecular weight excluding hydrogens is 332 g/mol. The number of halogens is 2. The number of carboxylic acid groups (broad SMARTS) is 1. The van der Waals surface area contributed by atoms with Crippen LogP contribution in [0.4, 0.5) is 8.78 Å². The van der Waals surface area contributed by atoms with Crippen molar-refractivity contribution in [1.82, 2.24) is 4.90 Å². The molecule has 0 bridgehead atoms. The molecule has 0 atom stereocenters. The minimum absolute atomic E-state index is 0.198. The molecular formula is C18H23F2NO4. The Balaban J connectivity index is 2.12. The summed E-state index contributed by atoms with van der Waals surface area (Å²) in [6.07, 6.45) is 0.171. The summed E-state index contributed by atoms with van der Waals surface area (Å²) in [6.45, 7) is 3.02. The van der Waals surface area contributed by atoms with Crippen LogP contribution in [0.5, 0.6) is 5.75 Å². The molecule has 1 saturated carbocycles. The van der Waals surface area contributed by atoms with Gasteiger partial charge in [0.05, 0.1) is 0 Å². The third-order valence-corrected chi connectivity index (χ3v) is 4.60. The Morgan fingerprint density at radius 3 is 2.24 bits per heavy atom. The molecule has 1 aliphatic rings. The number of hydrogen-bond acceptors (Lipinski definition) is 3. The zero-order valence-electron chi connectivity index (χ0n) is 14.6. The number of carbonyl (C=O) groups excluding carboxylic acids is 1. The number of alkyl halides is 2. The van der Waals surface area contributed by atoms with Gasteiger partial charge < -0.3 is 14.7 Å². The Kier molecular flexibility index (Phi) is 5.65. The van der Waals surface area contributed by atoms with Gasteiger partial charge in [-0.1, -0.05) is 0 Å². The minimum atomic E-state index is -2.63. The van der Waals surface area contributed by atoms with Gasteiger partial charge in [0.25, 0.3) is 5.91 Å². The predicted molar refractivity (Wildman–Crippen MR) is 88.3 cm³/mol. The molecule has 138 valence electrons. The van der Waals surface area contributed by atoms with Crippen molar-refractivity contribution in [1.29, 1.82) is 0 Å². The van der Waals surface area contributed by atoms with Gasteiger partial charge in [-0.15, -0.1) is 0 Å². The number of aryl methyl sites for hydroxylation is 2. The van der Waals surface area contributed by atoms with Crippen LogP contribution in [0.15, 0.2) is 12.1 Å². The SMILES string of the molecule is Cc1cc(C(=O)N(C)C2CCC(F)(F)CC2)cc(C)c1OCC(=O)O. The lowest BCUT2D eigenvalue weighted by molar-refractivity contribution is -0.139. The van der Waals surface area contributed by atoms with E-state index < -0.39 is 18.5 Å². The molecule has 0 heterocycles. The number of aliphatic carboxylic acids is 1. The van der Waals surface area contributed by atoms with E-state index in [1.807, 2.05) is 0 Å². The number of benzene rings is 1. The zero-order valence-corrected chi connectivity index (χ0v) is 14.6. The molecule has 1 fully saturated rings. The first-order valence-corrected chi connectivity index (χ1v) is 8.21. The van der Waals surface area contributed by atoms with E-state index >= 15 is 0 Å². The molecule has 0 aromatic heterocycles. The Labute approximate surface area is 145 Å². The molecule has 1 aromatic carbocycles. The fourth-order valence-electron chi connectivity index (χ4n) is 3.22. The van der Waals surface area contributed by atoms with Crippen molar-refractivity contribution >= 4 is 11.9 Å². The molecule has 0 saturated heterocycles. The van der Waals surface area contributed by atoms with Gasteiger partial charge in [-0.2, -0.15) is 0 Å². The van der Waals surface area contributed by atoms with E-state index in [0.29, 0.717) is 22.4 Å². The highest BCUT2D eigenvalue weighted by molar-refractivity contribution is 5.95. The van der Waals surface area contributed by atoms with E-state index in [4.69, 9.17) is 9.84 Å². The van der Waals surface area contributed by atoms with Crippen LogP contribution in [0.2, 0.25) is 0 Å². The summed E-state index contributed by atoms with van der Waals surface area (Å²) >= 11 is 0. The number of nitrogens with zero attached hydrogens (tertiary/aromatic N) is 1. The van der Waals surface area contributed by atoms with E-state index in [1.165, 1.54) is 4.90 Å². The van der Waals surface area contributed by atoms with Gasteiger partial charge in [0.15, 0.2) is 6.61 Å². The Morgan fingerprint density at radius 1 is 1.24 bits per heavy atom. The number of rotatable bonds is 5. The Hall–Kier alpha value is -2.18. The summed E-state index contributed by atoms with van der Waals surface area (Å²) in [5.74, 6) is -3.49. The summed E-state index contributed by atoms with van der Waals surface area (Å²) in [4.78, 5) is 24.9. The van der Waals surface area contributed by atoms with Crippen LogP contribution in [-0.2, 0) is 4.79 Å². The molecule has 0 unspecified atom stereocenters. The van der Waals surface area contributed by atoms with Gasteiger partial charge in [-0.05, 0) is 49.9 Å².